The zero-order valence-corrected chi connectivity index (χ0v) is 22.9. The van der Waals surface area contributed by atoms with E-state index in [0.717, 1.165) is 55.6 Å². The Morgan fingerprint density at radius 1 is 1.23 bits per heavy atom. The average molecular weight is 562 g/mol. The van der Waals surface area contributed by atoms with Crippen LogP contribution in [0.4, 0.5) is 4.39 Å². The molecule has 1 aliphatic carbocycles. The van der Waals surface area contributed by atoms with E-state index in [0.29, 0.717) is 29.5 Å². The van der Waals surface area contributed by atoms with E-state index in [2.05, 4.69) is 16.0 Å². The number of hydrogen-bond acceptors (Lipinski definition) is 6. The highest BCUT2D eigenvalue weighted by molar-refractivity contribution is 6.30. The molecular weight excluding hydrogens is 533 g/mol. The van der Waals surface area contributed by atoms with E-state index in [1.54, 1.807) is 25.1 Å². The number of carboxylic acid groups (broad SMARTS) is 1. The number of para-hydroxylation sites is 1. The van der Waals surface area contributed by atoms with Crippen LogP contribution in [0.2, 0.25) is 5.02 Å². The Bertz CT molecular complexity index is 1530. The van der Waals surface area contributed by atoms with Gasteiger partial charge in [-0.2, -0.15) is 5.26 Å². The van der Waals surface area contributed by atoms with E-state index in [1.807, 2.05) is 18.2 Å². The Balaban J connectivity index is 1.16. The quantitative estimate of drug-likeness (QED) is 0.354. The summed E-state index contributed by atoms with van der Waals surface area (Å²) >= 11 is 5.95. The summed E-state index contributed by atoms with van der Waals surface area (Å²) in [6.45, 7) is 3.96. The summed E-state index contributed by atoms with van der Waals surface area (Å²) in [6, 6.07) is 14.4. The molecule has 0 bridgehead atoms. The van der Waals surface area contributed by atoms with E-state index >= 15 is 0 Å². The molecule has 1 saturated carbocycles. The second-order valence-corrected chi connectivity index (χ2v) is 11.6. The molecule has 1 aromatic heterocycles. The number of likely N-dealkylation sites (tertiary alicyclic amines) is 1. The first kappa shape index (κ1) is 26.5. The van der Waals surface area contributed by atoms with Crippen LogP contribution in [-0.4, -0.2) is 34.0 Å². The lowest BCUT2D eigenvalue weighted by molar-refractivity contribution is -0.0712. The lowest BCUT2D eigenvalue weighted by Crippen LogP contribution is -2.34. The van der Waals surface area contributed by atoms with Crippen molar-refractivity contribution in [1.82, 2.24) is 9.88 Å². The summed E-state index contributed by atoms with van der Waals surface area (Å²) < 4.78 is 27.2. The van der Waals surface area contributed by atoms with Gasteiger partial charge in [0.25, 0.3) is 5.79 Å². The van der Waals surface area contributed by atoms with Gasteiger partial charge in [-0.15, -0.1) is 0 Å². The number of hydrogen-bond donors (Lipinski definition) is 1. The van der Waals surface area contributed by atoms with Crippen molar-refractivity contribution in [2.75, 3.05) is 13.1 Å². The highest BCUT2D eigenvalue weighted by Crippen LogP contribution is 2.50. The smallest absolute Gasteiger partial charge is 0.337 e. The summed E-state index contributed by atoms with van der Waals surface area (Å²) in [4.78, 5) is 18.4. The Kier molecular flexibility index (Phi) is 6.68. The van der Waals surface area contributed by atoms with Crippen molar-refractivity contribution >= 4 is 17.6 Å². The molecule has 3 heterocycles. The monoisotopic (exact) mass is 561 g/mol. The molecule has 40 heavy (non-hydrogen) atoms. The molecule has 1 saturated heterocycles. The molecule has 1 N–H and O–H groups in total. The maximum Gasteiger partial charge on any atom is 0.337 e. The van der Waals surface area contributed by atoms with Crippen LogP contribution in [0.5, 0.6) is 11.5 Å². The van der Waals surface area contributed by atoms with Crippen molar-refractivity contribution in [2.24, 2.45) is 5.41 Å². The molecule has 0 radical (unpaired) electrons. The molecule has 7 nitrogen and oxygen atoms in total. The number of pyridine rings is 1. The second kappa shape index (κ2) is 10.1. The van der Waals surface area contributed by atoms with Gasteiger partial charge in [0.15, 0.2) is 11.5 Å². The van der Waals surface area contributed by atoms with Crippen LogP contribution >= 0.6 is 11.6 Å². The predicted molar refractivity (Wildman–Crippen MR) is 146 cm³/mol. The summed E-state index contributed by atoms with van der Waals surface area (Å²) in [5, 5.41) is 19.4. The lowest BCUT2D eigenvalue weighted by Gasteiger charge is -2.33. The van der Waals surface area contributed by atoms with Crippen LogP contribution < -0.4 is 9.47 Å². The second-order valence-electron chi connectivity index (χ2n) is 11.2. The number of nitrogens with zero attached hydrogens (tertiary/aromatic N) is 3. The highest BCUT2D eigenvalue weighted by Gasteiger charge is 2.44. The minimum atomic E-state index is -1.29. The van der Waals surface area contributed by atoms with Crippen molar-refractivity contribution in [1.29, 1.82) is 5.26 Å². The molecule has 206 valence electrons. The minimum absolute atomic E-state index is 0.150. The van der Waals surface area contributed by atoms with E-state index in [4.69, 9.17) is 21.1 Å². The minimum Gasteiger partial charge on any atom is -0.478 e. The number of carboxylic acids is 1. The number of benzene rings is 2. The van der Waals surface area contributed by atoms with Gasteiger partial charge in [0.05, 0.1) is 28.3 Å². The first-order chi connectivity index (χ1) is 19.2. The van der Waals surface area contributed by atoms with Gasteiger partial charge >= 0.3 is 5.97 Å². The number of nitriles is 1. The predicted octanol–water partition coefficient (Wildman–Crippen LogP) is 6.44. The molecule has 0 unspecified atom stereocenters. The maximum atomic E-state index is 14.8. The normalized spacial score (nSPS) is 21.6. The number of ether oxygens (including phenoxy) is 2. The summed E-state index contributed by atoms with van der Waals surface area (Å²) in [7, 11) is 0. The van der Waals surface area contributed by atoms with Crippen LogP contribution in [0, 0.1) is 22.6 Å². The van der Waals surface area contributed by atoms with Crippen LogP contribution in [0.25, 0.3) is 0 Å². The summed E-state index contributed by atoms with van der Waals surface area (Å²) in [5.74, 6) is -1.31. The van der Waals surface area contributed by atoms with Crippen LogP contribution in [0.1, 0.15) is 71.3 Å². The lowest BCUT2D eigenvalue weighted by atomic mass is 9.88. The van der Waals surface area contributed by atoms with E-state index in [9.17, 15) is 19.6 Å². The molecule has 2 aromatic carbocycles. The van der Waals surface area contributed by atoms with Crippen molar-refractivity contribution in [3.63, 3.8) is 0 Å². The van der Waals surface area contributed by atoms with Gasteiger partial charge in [0.1, 0.15) is 5.82 Å². The van der Waals surface area contributed by atoms with E-state index in [1.165, 1.54) is 12.3 Å². The van der Waals surface area contributed by atoms with Gasteiger partial charge in [0, 0.05) is 30.3 Å². The fourth-order valence-corrected chi connectivity index (χ4v) is 6.00. The summed E-state index contributed by atoms with van der Waals surface area (Å²) in [5.41, 5.74) is 2.78. The van der Waals surface area contributed by atoms with E-state index < -0.39 is 17.6 Å². The van der Waals surface area contributed by atoms with Crippen molar-refractivity contribution in [3.05, 3.63) is 87.4 Å². The number of piperidine rings is 1. The molecule has 0 spiro atoms. The maximum absolute atomic E-state index is 14.8. The zero-order chi connectivity index (χ0) is 28.1. The Morgan fingerprint density at radius 3 is 2.67 bits per heavy atom. The fourth-order valence-electron chi connectivity index (χ4n) is 5.85. The van der Waals surface area contributed by atoms with Gasteiger partial charge in [-0.05, 0) is 87.0 Å². The molecule has 2 fully saturated rings. The molecule has 9 heteroatoms. The number of halogens is 2. The molecule has 3 aliphatic rings. The topological polar surface area (TPSA) is 95.7 Å². The van der Waals surface area contributed by atoms with Crippen molar-refractivity contribution in [3.8, 4) is 17.6 Å². The van der Waals surface area contributed by atoms with Gasteiger partial charge in [-0.3, -0.25) is 9.88 Å². The first-order valence-electron chi connectivity index (χ1n) is 13.5. The van der Waals surface area contributed by atoms with Gasteiger partial charge < -0.3 is 14.6 Å². The fraction of sp³-hybridized carbons (Fsp3) is 0.387. The van der Waals surface area contributed by atoms with Crippen LogP contribution in [0.3, 0.4) is 0 Å². The molecular formula is C31H29ClFN3O4. The zero-order valence-electron chi connectivity index (χ0n) is 22.1. The summed E-state index contributed by atoms with van der Waals surface area (Å²) in [6.07, 6.45) is 5.38. The van der Waals surface area contributed by atoms with Crippen molar-refractivity contribution < 1.29 is 23.8 Å². The van der Waals surface area contributed by atoms with Crippen LogP contribution in [-0.2, 0) is 18.8 Å². The molecule has 3 aromatic rings. The number of aromatic nitrogens is 1. The van der Waals surface area contributed by atoms with Crippen molar-refractivity contribution in [2.45, 2.75) is 57.3 Å². The Labute approximate surface area is 237 Å². The molecule has 0 amide bonds. The van der Waals surface area contributed by atoms with Gasteiger partial charge in [0.2, 0.25) is 0 Å². The van der Waals surface area contributed by atoms with Gasteiger partial charge in [-0.1, -0.05) is 23.7 Å². The average Bonchev–Trinajstić information content (AvgIpc) is 3.61. The Morgan fingerprint density at radius 2 is 2.00 bits per heavy atom. The van der Waals surface area contributed by atoms with E-state index in [-0.39, 0.29) is 22.5 Å². The van der Waals surface area contributed by atoms with Crippen LogP contribution in [0.15, 0.2) is 48.7 Å². The number of carbonyl (C=O) groups is 1. The standard InChI is InChI=1S/C31H29ClFN3O4/c1-30(24-6-5-22(32)14-25(24)33)39-27-4-2-3-23(28(27)40-30)19-7-11-36(12-8-19)17-26-20(15-31(18-34)9-10-31)13-21(16-35-26)29(37)38/h2-6,13-14,16,19H,7-12,15,17H2,1H3,(H,37,38)/t30-/m1/s1. The Hall–Kier alpha value is -3.67. The number of aromatic carboxylic acids is 1. The third-order valence-corrected chi connectivity index (χ3v) is 8.59. The number of rotatable bonds is 7. The largest absolute Gasteiger partial charge is 0.478 e. The molecule has 2 aliphatic heterocycles. The van der Waals surface area contributed by atoms with Gasteiger partial charge in [-0.25, -0.2) is 9.18 Å². The molecule has 1 atom stereocenters. The third-order valence-electron chi connectivity index (χ3n) is 8.36. The number of fused-ring (bicyclic) bond motifs is 1. The third kappa shape index (κ3) is 5.00. The highest BCUT2D eigenvalue weighted by atomic mass is 35.5. The SMILES string of the molecule is C[C@@]1(c2ccc(Cl)cc2F)Oc2cccc(C3CCN(Cc4ncc(C(=O)O)cc4CC4(C#N)CC4)CC3)c2O1. The first-order valence-corrected chi connectivity index (χ1v) is 13.9. The molecule has 6 rings (SSSR count).